The molecule has 1 aromatic heterocycles. The smallest absolute Gasteiger partial charge is 0.216 e. The van der Waals surface area contributed by atoms with Gasteiger partial charge in [0.05, 0.1) is 7.11 Å². The highest BCUT2D eigenvalue weighted by molar-refractivity contribution is 9.11. The van der Waals surface area contributed by atoms with Gasteiger partial charge in [0.1, 0.15) is 6.33 Å². The highest BCUT2D eigenvalue weighted by Gasteiger charge is 2.13. The van der Waals surface area contributed by atoms with Crippen molar-refractivity contribution < 1.29 is 4.74 Å². The fourth-order valence-electron chi connectivity index (χ4n) is 1.80. The molecule has 0 saturated heterocycles. The zero-order chi connectivity index (χ0) is 13.8. The Bertz CT molecular complexity index is 575. The van der Waals surface area contributed by atoms with E-state index in [0.717, 1.165) is 16.6 Å². The maximum Gasteiger partial charge on any atom is 0.216 e. The second-order valence-electron chi connectivity index (χ2n) is 4.25. The number of nitrogens with zero attached hydrogens (tertiary/aromatic N) is 2. The Hall–Kier alpha value is -0.940. The third kappa shape index (κ3) is 3.76. The predicted octanol–water partition coefficient (Wildman–Crippen LogP) is 4.23. The van der Waals surface area contributed by atoms with Gasteiger partial charge in [0.2, 0.25) is 5.88 Å². The summed E-state index contributed by atoms with van der Waals surface area (Å²) in [7, 11) is 1.61. The van der Waals surface area contributed by atoms with Gasteiger partial charge in [-0.3, -0.25) is 0 Å². The Morgan fingerprint density at radius 2 is 2.05 bits per heavy atom. The minimum absolute atomic E-state index is 0.196. The number of aromatic nitrogens is 2. The maximum atomic E-state index is 5.11. The summed E-state index contributed by atoms with van der Waals surface area (Å²) >= 11 is 7.31. The summed E-state index contributed by atoms with van der Waals surface area (Å²) in [5.41, 5.74) is 3.41. The van der Waals surface area contributed by atoms with Crippen LogP contribution < -0.4 is 4.74 Å². The molecular formula is C14H14Br2N2O. The molecule has 0 spiro atoms. The second-order valence-corrected chi connectivity index (χ2v) is 6.21. The summed E-state index contributed by atoms with van der Waals surface area (Å²) < 4.78 is 6.21. The van der Waals surface area contributed by atoms with Crippen LogP contribution in [0.3, 0.4) is 0 Å². The molecule has 0 amide bonds. The van der Waals surface area contributed by atoms with Crippen LogP contribution in [0.15, 0.2) is 35.1 Å². The summed E-state index contributed by atoms with van der Waals surface area (Å²) in [4.78, 5) is 8.48. The highest BCUT2D eigenvalue weighted by atomic mass is 79.9. The first-order valence-corrected chi connectivity index (χ1v) is 7.56. The molecule has 19 heavy (non-hydrogen) atoms. The molecule has 0 aliphatic heterocycles. The molecule has 0 aliphatic rings. The van der Waals surface area contributed by atoms with Gasteiger partial charge in [-0.15, -0.1) is 0 Å². The Morgan fingerprint density at radius 1 is 1.26 bits per heavy atom. The highest BCUT2D eigenvalue weighted by Crippen LogP contribution is 2.33. The number of methoxy groups -OCH3 is 1. The third-order valence-electron chi connectivity index (χ3n) is 2.79. The molecular weight excluding hydrogens is 372 g/mol. The summed E-state index contributed by atoms with van der Waals surface area (Å²) in [6.07, 6.45) is 2.31. The van der Waals surface area contributed by atoms with Crippen molar-refractivity contribution in [1.82, 2.24) is 9.97 Å². The van der Waals surface area contributed by atoms with Gasteiger partial charge >= 0.3 is 0 Å². The van der Waals surface area contributed by atoms with Crippen LogP contribution in [0.2, 0.25) is 0 Å². The minimum atomic E-state index is 0.196. The Labute approximate surface area is 129 Å². The quantitative estimate of drug-likeness (QED) is 0.738. The van der Waals surface area contributed by atoms with Gasteiger partial charge in [-0.25, -0.2) is 9.97 Å². The molecule has 0 aliphatic carbocycles. The summed E-state index contributed by atoms with van der Waals surface area (Å²) in [6.45, 7) is 2.09. The number of aryl methyl sites for hydroxylation is 1. The van der Waals surface area contributed by atoms with Crippen LogP contribution in [0.1, 0.15) is 21.6 Å². The van der Waals surface area contributed by atoms with Crippen molar-refractivity contribution in [3.05, 3.63) is 51.9 Å². The molecule has 2 aromatic rings. The Kier molecular flexibility index (Phi) is 4.93. The van der Waals surface area contributed by atoms with Crippen LogP contribution in [-0.2, 0) is 6.42 Å². The lowest BCUT2D eigenvalue weighted by Gasteiger charge is -2.13. The number of rotatable bonds is 4. The zero-order valence-electron chi connectivity index (χ0n) is 10.7. The van der Waals surface area contributed by atoms with E-state index in [1.807, 2.05) is 6.07 Å². The molecule has 100 valence electrons. The molecule has 1 atom stereocenters. The van der Waals surface area contributed by atoms with E-state index in [9.17, 15) is 0 Å². The molecule has 0 radical (unpaired) electrons. The Balaban J connectivity index is 2.20. The summed E-state index contributed by atoms with van der Waals surface area (Å²) in [5.74, 6) is 0.591. The number of hydrogen-bond acceptors (Lipinski definition) is 3. The lowest BCUT2D eigenvalue weighted by molar-refractivity contribution is 0.396. The zero-order valence-corrected chi connectivity index (χ0v) is 13.9. The van der Waals surface area contributed by atoms with E-state index in [4.69, 9.17) is 4.74 Å². The first-order chi connectivity index (χ1) is 9.10. The van der Waals surface area contributed by atoms with E-state index in [1.165, 1.54) is 17.5 Å². The number of ether oxygens (including phenoxy) is 1. The molecule has 1 aromatic carbocycles. The van der Waals surface area contributed by atoms with Crippen molar-refractivity contribution >= 4 is 31.9 Å². The van der Waals surface area contributed by atoms with Crippen LogP contribution in [0.4, 0.5) is 0 Å². The maximum absolute atomic E-state index is 5.11. The van der Waals surface area contributed by atoms with Gasteiger partial charge in [0, 0.05) is 27.5 Å². The van der Waals surface area contributed by atoms with Crippen molar-refractivity contribution in [1.29, 1.82) is 0 Å². The van der Waals surface area contributed by atoms with Crippen LogP contribution in [0, 0.1) is 6.92 Å². The largest absolute Gasteiger partial charge is 0.481 e. The molecule has 3 nitrogen and oxygen atoms in total. The van der Waals surface area contributed by atoms with E-state index >= 15 is 0 Å². The van der Waals surface area contributed by atoms with Crippen LogP contribution in [0.25, 0.3) is 0 Å². The Morgan fingerprint density at radius 3 is 2.79 bits per heavy atom. The van der Waals surface area contributed by atoms with Crippen LogP contribution >= 0.6 is 31.9 Å². The van der Waals surface area contributed by atoms with Gasteiger partial charge in [0.15, 0.2) is 0 Å². The summed E-state index contributed by atoms with van der Waals surface area (Å²) in [6, 6.07) is 8.18. The molecule has 1 heterocycles. The van der Waals surface area contributed by atoms with Crippen molar-refractivity contribution in [2.24, 2.45) is 0 Å². The predicted molar refractivity (Wildman–Crippen MR) is 82.8 cm³/mol. The van der Waals surface area contributed by atoms with Crippen LogP contribution in [0.5, 0.6) is 5.88 Å². The molecule has 5 heteroatoms. The third-order valence-corrected chi connectivity index (χ3v) is 4.32. The van der Waals surface area contributed by atoms with Crippen molar-refractivity contribution in [2.45, 2.75) is 18.2 Å². The average molecular weight is 386 g/mol. The van der Waals surface area contributed by atoms with Crippen molar-refractivity contribution in [3.63, 3.8) is 0 Å². The summed E-state index contributed by atoms with van der Waals surface area (Å²) in [5, 5.41) is 0. The minimum Gasteiger partial charge on any atom is -0.481 e. The van der Waals surface area contributed by atoms with Gasteiger partial charge in [0.25, 0.3) is 0 Å². The topological polar surface area (TPSA) is 35.0 Å². The van der Waals surface area contributed by atoms with Gasteiger partial charge < -0.3 is 4.74 Å². The van der Waals surface area contributed by atoms with Gasteiger partial charge in [-0.05, 0) is 18.6 Å². The lowest BCUT2D eigenvalue weighted by atomic mass is 10.1. The van der Waals surface area contributed by atoms with Gasteiger partial charge in [-0.1, -0.05) is 49.6 Å². The molecule has 0 fully saturated rings. The average Bonchev–Trinajstić information content (AvgIpc) is 2.41. The monoisotopic (exact) mass is 384 g/mol. The van der Waals surface area contributed by atoms with E-state index in [-0.39, 0.29) is 4.83 Å². The molecule has 0 saturated carbocycles. The van der Waals surface area contributed by atoms with Crippen LogP contribution in [-0.4, -0.2) is 17.1 Å². The van der Waals surface area contributed by atoms with E-state index in [1.54, 1.807) is 7.11 Å². The molecule has 2 rings (SSSR count). The number of benzene rings is 1. The van der Waals surface area contributed by atoms with E-state index in [0.29, 0.717) is 5.88 Å². The number of alkyl halides is 1. The molecule has 0 N–H and O–H groups in total. The second kappa shape index (κ2) is 6.48. The van der Waals surface area contributed by atoms with E-state index < -0.39 is 0 Å². The lowest BCUT2D eigenvalue weighted by Crippen LogP contribution is -2.00. The standard InChI is InChI=1S/C14H14Br2N2O/c1-9-3-4-12(15)11(5-9)13(16)6-10-7-14(19-2)18-8-17-10/h3-5,7-8,13H,6H2,1-2H3. The number of halogens is 2. The first kappa shape index (κ1) is 14.5. The molecule has 1 unspecified atom stereocenters. The van der Waals surface area contributed by atoms with Gasteiger partial charge in [-0.2, -0.15) is 0 Å². The normalized spacial score (nSPS) is 12.2. The SMILES string of the molecule is COc1cc(CC(Br)c2cc(C)ccc2Br)ncn1. The fourth-order valence-corrected chi connectivity index (χ4v) is 3.34. The molecule has 0 bridgehead atoms. The van der Waals surface area contributed by atoms with Crippen molar-refractivity contribution in [3.8, 4) is 5.88 Å². The van der Waals surface area contributed by atoms with E-state index in [2.05, 4.69) is 67.0 Å². The first-order valence-electron chi connectivity index (χ1n) is 5.85. The van der Waals surface area contributed by atoms with Crippen molar-refractivity contribution in [2.75, 3.05) is 7.11 Å². The fraction of sp³-hybridized carbons (Fsp3) is 0.286. The number of hydrogen-bond donors (Lipinski definition) is 0.